The highest BCUT2D eigenvalue weighted by Crippen LogP contribution is 2.22. The molecule has 34 heavy (non-hydrogen) atoms. The highest BCUT2D eigenvalue weighted by Gasteiger charge is 2.20. The van der Waals surface area contributed by atoms with Crippen molar-refractivity contribution < 1.29 is 9.32 Å². The fraction of sp³-hybridized carbons (Fsp3) is 0.296. The van der Waals surface area contributed by atoms with Gasteiger partial charge in [-0.25, -0.2) is 9.19 Å². The van der Waals surface area contributed by atoms with Crippen molar-refractivity contribution >= 4 is 27.7 Å². The van der Waals surface area contributed by atoms with Crippen LogP contribution in [-0.2, 0) is 17.5 Å². The van der Waals surface area contributed by atoms with Gasteiger partial charge in [-0.1, -0.05) is 42.5 Å². The second-order valence-electron chi connectivity index (χ2n) is 9.14. The number of aliphatic hydroxyl groups excluding tert-OH is 1. The summed E-state index contributed by atoms with van der Waals surface area (Å²) in [7, 11) is -1.36. The molecular weight excluding hydrogens is 444 g/mol. The van der Waals surface area contributed by atoms with Gasteiger partial charge in [0.1, 0.15) is 16.8 Å². The molecule has 3 N–H and O–H groups in total. The fourth-order valence-electron chi connectivity index (χ4n) is 3.97. The van der Waals surface area contributed by atoms with Crippen LogP contribution in [0.4, 0.5) is 5.69 Å². The van der Waals surface area contributed by atoms with E-state index in [1.807, 2.05) is 79.7 Å². The Balaban J connectivity index is 1.34. The molecule has 3 aromatic carbocycles. The third-order valence-corrected chi connectivity index (χ3v) is 7.14. The SMILES string of the molecule is Cc1nc2ccccc2n1CCC(C)(C)NCC(O)c1cccc(NS(=O)c2ccccc2)c1. The lowest BCUT2D eigenvalue weighted by Gasteiger charge is -2.28. The third-order valence-electron chi connectivity index (χ3n) is 6.02. The van der Waals surface area contributed by atoms with Crippen LogP contribution in [0.15, 0.2) is 83.8 Å². The molecule has 0 aliphatic carbocycles. The van der Waals surface area contributed by atoms with E-state index in [4.69, 9.17) is 0 Å². The zero-order valence-electron chi connectivity index (χ0n) is 19.9. The molecule has 0 radical (unpaired) electrons. The van der Waals surface area contributed by atoms with Crippen LogP contribution in [-0.4, -0.2) is 31.0 Å². The van der Waals surface area contributed by atoms with Crippen LogP contribution in [0.25, 0.3) is 11.0 Å². The summed E-state index contributed by atoms with van der Waals surface area (Å²) in [5.41, 5.74) is 3.47. The lowest BCUT2D eigenvalue weighted by molar-refractivity contribution is 0.158. The average molecular weight is 477 g/mol. The van der Waals surface area contributed by atoms with Gasteiger partial charge in [0.2, 0.25) is 0 Å². The molecule has 0 saturated heterocycles. The number of rotatable bonds is 10. The molecule has 0 bridgehead atoms. The summed E-state index contributed by atoms with van der Waals surface area (Å²) in [6, 6.07) is 24.9. The van der Waals surface area contributed by atoms with Gasteiger partial charge in [0.05, 0.1) is 22.0 Å². The minimum atomic E-state index is -1.36. The minimum absolute atomic E-state index is 0.177. The first kappa shape index (κ1) is 24.1. The van der Waals surface area contributed by atoms with E-state index in [1.165, 1.54) is 0 Å². The lowest BCUT2D eigenvalue weighted by atomic mass is 9.99. The highest BCUT2D eigenvalue weighted by atomic mass is 32.2. The van der Waals surface area contributed by atoms with E-state index >= 15 is 0 Å². The van der Waals surface area contributed by atoms with Gasteiger partial charge in [-0.3, -0.25) is 0 Å². The van der Waals surface area contributed by atoms with Gasteiger partial charge in [-0.15, -0.1) is 0 Å². The molecule has 0 spiro atoms. The number of β-amino-alcohol motifs (C(OH)–C–C–N with tert-alkyl or cyclic N) is 1. The number of nitrogens with zero attached hydrogens (tertiary/aromatic N) is 2. The second-order valence-corrected chi connectivity index (χ2v) is 10.4. The van der Waals surface area contributed by atoms with E-state index in [0.717, 1.165) is 35.4 Å². The molecular formula is C27H32N4O2S. The molecule has 0 fully saturated rings. The van der Waals surface area contributed by atoms with Gasteiger partial charge in [0.15, 0.2) is 0 Å². The predicted molar refractivity (Wildman–Crippen MR) is 139 cm³/mol. The van der Waals surface area contributed by atoms with Crippen molar-refractivity contribution in [2.45, 2.75) is 50.3 Å². The number of nitrogens with one attached hydrogen (secondary N) is 2. The summed E-state index contributed by atoms with van der Waals surface area (Å²) in [5, 5.41) is 14.3. The Kier molecular flexibility index (Phi) is 7.46. The number of hydrogen-bond acceptors (Lipinski definition) is 4. The smallest absolute Gasteiger partial charge is 0.150 e. The van der Waals surface area contributed by atoms with E-state index in [0.29, 0.717) is 17.1 Å². The Morgan fingerprint density at radius 2 is 1.76 bits per heavy atom. The van der Waals surface area contributed by atoms with Gasteiger partial charge in [-0.2, -0.15) is 0 Å². The molecule has 0 saturated carbocycles. The summed E-state index contributed by atoms with van der Waals surface area (Å²) in [4.78, 5) is 5.36. The molecule has 4 aromatic rings. The molecule has 4 rings (SSSR count). The molecule has 7 heteroatoms. The number of benzene rings is 3. The number of aromatic nitrogens is 2. The largest absolute Gasteiger partial charge is 0.387 e. The molecule has 2 atom stereocenters. The number of imidazole rings is 1. The number of aliphatic hydroxyl groups is 1. The van der Waals surface area contributed by atoms with Gasteiger partial charge >= 0.3 is 0 Å². The minimum Gasteiger partial charge on any atom is -0.387 e. The number of fused-ring (bicyclic) bond motifs is 1. The molecule has 0 aliphatic rings. The van der Waals surface area contributed by atoms with Gasteiger partial charge < -0.3 is 19.7 Å². The zero-order valence-corrected chi connectivity index (χ0v) is 20.7. The maximum Gasteiger partial charge on any atom is 0.150 e. The standard InChI is InChI=1S/C27H32N4O2S/c1-20-29-24-14-7-8-15-25(24)31(20)17-16-27(2,3)28-19-26(32)21-10-9-11-22(18-21)30-34(33)23-12-5-4-6-13-23/h4-15,18,26,28,30,32H,16-17,19H2,1-3H3. The second kappa shape index (κ2) is 10.5. The first-order chi connectivity index (χ1) is 16.3. The normalized spacial score (nSPS) is 13.6. The summed E-state index contributed by atoms with van der Waals surface area (Å²) in [6.07, 6.45) is 0.209. The first-order valence-corrected chi connectivity index (χ1v) is 12.7. The summed E-state index contributed by atoms with van der Waals surface area (Å²) in [6.45, 7) is 7.59. The van der Waals surface area contributed by atoms with Crippen LogP contribution < -0.4 is 10.0 Å². The zero-order chi connectivity index (χ0) is 24.1. The molecule has 178 valence electrons. The van der Waals surface area contributed by atoms with Crippen molar-refractivity contribution in [3.8, 4) is 0 Å². The van der Waals surface area contributed by atoms with Crippen LogP contribution in [0.1, 0.15) is 37.8 Å². The first-order valence-electron chi connectivity index (χ1n) is 11.5. The van der Waals surface area contributed by atoms with Crippen molar-refractivity contribution in [3.05, 3.63) is 90.3 Å². The molecule has 0 aliphatic heterocycles. The maximum absolute atomic E-state index is 12.5. The van der Waals surface area contributed by atoms with Crippen molar-refractivity contribution in [3.63, 3.8) is 0 Å². The number of anilines is 1. The van der Waals surface area contributed by atoms with E-state index in [9.17, 15) is 9.32 Å². The Bertz CT molecular complexity index is 1270. The topological polar surface area (TPSA) is 79.2 Å². The molecule has 1 heterocycles. The maximum atomic E-state index is 12.5. The van der Waals surface area contributed by atoms with Crippen LogP contribution in [0, 0.1) is 6.92 Å². The van der Waals surface area contributed by atoms with E-state index in [1.54, 1.807) is 0 Å². The summed E-state index contributed by atoms with van der Waals surface area (Å²) >= 11 is 0. The fourth-order valence-corrected chi connectivity index (χ4v) is 4.83. The van der Waals surface area contributed by atoms with Crippen LogP contribution in [0.2, 0.25) is 0 Å². The monoisotopic (exact) mass is 476 g/mol. The van der Waals surface area contributed by atoms with Crippen molar-refractivity contribution in [2.75, 3.05) is 11.3 Å². The summed E-state index contributed by atoms with van der Waals surface area (Å²) < 4.78 is 17.8. The Morgan fingerprint density at radius 1 is 1.03 bits per heavy atom. The van der Waals surface area contributed by atoms with Crippen molar-refractivity contribution in [1.29, 1.82) is 0 Å². The summed E-state index contributed by atoms with van der Waals surface area (Å²) in [5.74, 6) is 1.01. The van der Waals surface area contributed by atoms with Crippen LogP contribution >= 0.6 is 0 Å². The van der Waals surface area contributed by atoms with E-state index in [-0.39, 0.29) is 5.54 Å². The molecule has 0 amide bonds. The number of para-hydroxylation sites is 2. The molecule has 6 nitrogen and oxygen atoms in total. The Labute approximate surface area is 203 Å². The van der Waals surface area contributed by atoms with Gasteiger partial charge in [0.25, 0.3) is 0 Å². The molecule has 2 unspecified atom stereocenters. The average Bonchev–Trinajstić information content (AvgIpc) is 3.17. The van der Waals surface area contributed by atoms with Crippen LogP contribution in [0.5, 0.6) is 0 Å². The third kappa shape index (κ3) is 5.91. The Hall–Kier alpha value is -3.00. The van der Waals surface area contributed by atoms with Crippen molar-refractivity contribution in [1.82, 2.24) is 14.9 Å². The predicted octanol–water partition coefficient (Wildman–Crippen LogP) is 4.97. The Morgan fingerprint density at radius 3 is 2.56 bits per heavy atom. The highest BCUT2D eigenvalue weighted by molar-refractivity contribution is 7.86. The molecule has 1 aromatic heterocycles. The number of aryl methyl sites for hydroxylation is 2. The van der Waals surface area contributed by atoms with Crippen molar-refractivity contribution in [2.24, 2.45) is 0 Å². The lowest BCUT2D eigenvalue weighted by Crippen LogP contribution is -2.42. The number of hydrogen-bond donors (Lipinski definition) is 3. The van der Waals surface area contributed by atoms with Gasteiger partial charge in [-0.05, 0) is 69.2 Å². The van der Waals surface area contributed by atoms with Gasteiger partial charge in [0, 0.05) is 24.3 Å². The quantitative estimate of drug-likeness (QED) is 0.302. The van der Waals surface area contributed by atoms with E-state index < -0.39 is 17.1 Å². The van der Waals surface area contributed by atoms with Crippen LogP contribution in [0.3, 0.4) is 0 Å². The van der Waals surface area contributed by atoms with E-state index in [2.05, 4.69) is 39.5 Å².